The number of aromatic nitrogens is 1. The minimum atomic E-state index is 0.185. The number of nitrogens with one attached hydrogen (secondary N) is 1. The van der Waals surface area contributed by atoms with E-state index in [1.165, 1.54) is 11.3 Å². The van der Waals surface area contributed by atoms with Crippen molar-refractivity contribution >= 4 is 45.9 Å². The van der Waals surface area contributed by atoms with Gasteiger partial charge in [-0.3, -0.25) is 5.43 Å². The number of anilines is 1. The Kier molecular flexibility index (Phi) is 6.30. The molecule has 0 amide bonds. The molecule has 0 saturated heterocycles. The predicted octanol–water partition coefficient (Wildman–Crippen LogP) is 5.86. The number of hydrogen-bond donors (Lipinski definition) is 1. The van der Waals surface area contributed by atoms with Crippen LogP contribution in [0, 0.1) is 11.3 Å². The van der Waals surface area contributed by atoms with Gasteiger partial charge in [0, 0.05) is 16.0 Å². The highest BCUT2D eigenvalue weighted by atomic mass is 35.5. The Balaban J connectivity index is 1.78. The molecule has 0 unspecified atom stereocenters. The molecule has 0 bridgehead atoms. The summed E-state index contributed by atoms with van der Waals surface area (Å²) in [6.45, 7) is 2.53. The lowest BCUT2D eigenvalue weighted by Crippen LogP contribution is -2.01. The van der Waals surface area contributed by atoms with Gasteiger partial charge in [-0.05, 0) is 49.4 Å². The lowest BCUT2D eigenvalue weighted by molar-refractivity contribution is 0.340. The Bertz CT molecular complexity index is 1010. The first kappa shape index (κ1) is 19.2. The van der Waals surface area contributed by atoms with Crippen LogP contribution >= 0.6 is 34.5 Å². The Morgan fingerprint density at radius 3 is 2.70 bits per heavy atom. The van der Waals surface area contributed by atoms with Crippen molar-refractivity contribution in [1.29, 1.82) is 5.26 Å². The van der Waals surface area contributed by atoms with E-state index in [9.17, 15) is 5.26 Å². The van der Waals surface area contributed by atoms with E-state index in [-0.39, 0.29) is 5.71 Å². The second-order valence-electron chi connectivity index (χ2n) is 5.30. The van der Waals surface area contributed by atoms with E-state index in [4.69, 9.17) is 27.9 Å². The van der Waals surface area contributed by atoms with E-state index in [1.54, 1.807) is 18.2 Å². The number of hydrazone groups is 1. The van der Waals surface area contributed by atoms with Gasteiger partial charge in [0.05, 0.1) is 23.0 Å². The minimum Gasteiger partial charge on any atom is -0.494 e. The Labute approximate surface area is 170 Å². The van der Waals surface area contributed by atoms with Gasteiger partial charge in [-0.1, -0.05) is 23.2 Å². The van der Waals surface area contributed by atoms with E-state index < -0.39 is 0 Å². The van der Waals surface area contributed by atoms with Gasteiger partial charge in [-0.2, -0.15) is 10.4 Å². The lowest BCUT2D eigenvalue weighted by atomic mass is 10.2. The second kappa shape index (κ2) is 8.87. The number of ether oxygens (including phenoxy) is 1. The van der Waals surface area contributed by atoms with Crippen LogP contribution in [0.2, 0.25) is 10.0 Å². The number of halogens is 2. The second-order valence-corrected chi connectivity index (χ2v) is 7.01. The fourth-order valence-corrected chi connectivity index (χ4v) is 3.50. The number of benzene rings is 2. The van der Waals surface area contributed by atoms with Gasteiger partial charge in [0.25, 0.3) is 0 Å². The number of thiazole rings is 1. The highest BCUT2D eigenvalue weighted by Gasteiger charge is 2.13. The topological polar surface area (TPSA) is 70.3 Å². The summed E-state index contributed by atoms with van der Waals surface area (Å²) in [6.07, 6.45) is 0. The molecule has 1 N–H and O–H groups in total. The van der Waals surface area contributed by atoms with Gasteiger partial charge in [0.15, 0.2) is 10.7 Å². The maximum Gasteiger partial charge on any atom is 0.196 e. The summed E-state index contributed by atoms with van der Waals surface area (Å²) in [4.78, 5) is 4.47. The molecule has 0 saturated carbocycles. The summed E-state index contributed by atoms with van der Waals surface area (Å²) in [6, 6.07) is 14.6. The molecule has 8 heteroatoms. The summed E-state index contributed by atoms with van der Waals surface area (Å²) in [5.74, 6) is 0.775. The van der Waals surface area contributed by atoms with Gasteiger partial charge >= 0.3 is 0 Å². The lowest BCUT2D eigenvalue weighted by Gasteiger charge is -2.04. The van der Waals surface area contributed by atoms with Crippen LogP contribution in [-0.4, -0.2) is 17.3 Å². The number of hydrogen-bond acceptors (Lipinski definition) is 6. The average molecular weight is 417 g/mol. The summed E-state index contributed by atoms with van der Waals surface area (Å²) in [5.41, 5.74) is 5.21. The van der Waals surface area contributed by atoms with Crippen LogP contribution in [0.1, 0.15) is 11.9 Å². The minimum absolute atomic E-state index is 0.185. The smallest absolute Gasteiger partial charge is 0.196 e. The number of rotatable bonds is 6. The Morgan fingerprint density at radius 2 is 2.04 bits per heavy atom. The molecule has 1 aromatic heterocycles. The van der Waals surface area contributed by atoms with Crippen molar-refractivity contribution in [2.75, 3.05) is 12.0 Å². The zero-order chi connectivity index (χ0) is 19.2. The summed E-state index contributed by atoms with van der Waals surface area (Å²) in [7, 11) is 0. The van der Waals surface area contributed by atoms with Crippen molar-refractivity contribution in [3.05, 3.63) is 62.9 Å². The Hall–Kier alpha value is -2.59. The van der Waals surface area contributed by atoms with Crippen molar-refractivity contribution in [3.63, 3.8) is 0 Å². The third-order valence-electron chi connectivity index (χ3n) is 3.48. The standard InChI is InChI=1S/C19H14Cl2N4OS/c1-2-26-14-6-4-13(5-7-14)24-25-17(10-22)19-23-18(11-27-19)15-8-3-12(20)9-16(15)21/h3-9,11,24H,2H2,1H3/b25-17-. The first-order valence-electron chi connectivity index (χ1n) is 7.98. The van der Waals surface area contributed by atoms with Crippen LogP contribution < -0.4 is 10.2 Å². The molecule has 136 valence electrons. The van der Waals surface area contributed by atoms with E-state index in [0.29, 0.717) is 27.4 Å². The molecule has 0 aliphatic carbocycles. The number of nitrogens with zero attached hydrogens (tertiary/aromatic N) is 3. The summed E-state index contributed by atoms with van der Waals surface area (Å²) < 4.78 is 5.40. The SMILES string of the molecule is CCOc1ccc(N/N=C(/C#N)c2nc(-c3ccc(Cl)cc3Cl)cs2)cc1. The average Bonchev–Trinajstić information content (AvgIpc) is 3.13. The monoisotopic (exact) mass is 416 g/mol. The molecule has 0 atom stereocenters. The van der Waals surface area contributed by atoms with E-state index in [1.807, 2.05) is 36.6 Å². The van der Waals surface area contributed by atoms with Crippen LogP contribution in [0.25, 0.3) is 11.3 Å². The molecular formula is C19H14Cl2N4OS. The van der Waals surface area contributed by atoms with E-state index in [2.05, 4.69) is 21.6 Å². The third kappa shape index (κ3) is 4.77. The van der Waals surface area contributed by atoms with Gasteiger partial charge in [0.2, 0.25) is 0 Å². The maximum absolute atomic E-state index is 9.42. The Morgan fingerprint density at radius 1 is 1.26 bits per heavy atom. The number of nitriles is 1. The van der Waals surface area contributed by atoms with Crippen LogP contribution in [0.5, 0.6) is 5.75 Å². The predicted molar refractivity (Wildman–Crippen MR) is 111 cm³/mol. The first-order chi connectivity index (χ1) is 13.1. The summed E-state index contributed by atoms with van der Waals surface area (Å²) in [5, 5.41) is 17.0. The molecule has 3 rings (SSSR count). The van der Waals surface area contributed by atoms with Crippen LogP contribution in [0.4, 0.5) is 5.69 Å². The zero-order valence-electron chi connectivity index (χ0n) is 14.2. The zero-order valence-corrected chi connectivity index (χ0v) is 16.6. The molecule has 27 heavy (non-hydrogen) atoms. The van der Waals surface area contributed by atoms with Crippen LogP contribution in [0.3, 0.4) is 0 Å². The third-order valence-corrected chi connectivity index (χ3v) is 4.88. The van der Waals surface area contributed by atoms with Crippen molar-refractivity contribution in [3.8, 4) is 23.1 Å². The fourth-order valence-electron chi connectivity index (χ4n) is 2.24. The van der Waals surface area contributed by atoms with Crippen molar-refractivity contribution in [2.24, 2.45) is 5.10 Å². The molecule has 0 aliphatic heterocycles. The molecule has 3 aromatic rings. The molecule has 0 aliphatic rings. The van der Waals surface area contributed by atoms with Crippen molar-refractivity contribution < 1.29 is 4.74 Å². The highest BCUT2D eigenvalue weighted by molar-refractivity contribution is 7.12. The van der Waals surface area contributed by atoms with Crippen molar-refractivity contribution in [1.82, 2.24) is 4.98 Å². The van der Waals surface area contributed by atoms with Gasteiger partial charge in [-0.15, -0.1) is 11.3 Å². The van der Waals surface area contributed by atoms with E-state index >= 15 is 0 Å². The fraction of sp³-hybridized carbons (Fsp3) is 0.105. The molecular weight excluding hydrogens is 403 g/mol. The van der Waals surface area contributed by atoms with Crippen molar-refractivity contribution in [2.45, 2.75) is 6.92 Å². The molecule has 2 aromatic carbocycles. The maximum atomic E-state index is 9.42. The summed E-state index contributed by atoms with van der Waals surface area (Å²) >= 11 is 13.5. The molecule has 0 spiro atoms. The molecule has 0 fully saturated rings. The van der Waals surface area contributed by atoms with Crippen LogP contribution in [-0.2, 0) is 0 Å². The molecule has 0 radical (unpaired) electrons. The van der Waals surface area contributed by atoms with E-state index in [0.717, 1.165) is 17.0 Å². The largest absolute Gasteiger partial charge is 0.494 e. The van der Waals surface area contributed by atoms with Crippen LogP contribution in [0.15, 0.2) is 52.9 Å². The van der Waals surface area contributed by atoms with Gasteiger partial charge in [0.1, 0.15) is 11.8 Å². The van der Waals surface area contributed by atoms with Gasteiger partial charge < -0.3 is 4.74 Å². The highest BCUT2D eigenvalue weighted by Crippen LogP contribution is 2.31. The molecule has 1 heterocycles. The first-order valence-corrected chi connectivity index (χ1v) is 9.62. The quantitative estimate of drug-likeness (QED) is 0.403. The van der Waals surface area contributed by atoms with Gasteiger partial charge in [-0.25, -0.2) is 4.98 Å². The molecule has 5 nitrogen and oxygen atoms in total. The normalized spacial score (nSPS) is 11.1.